The number of hydrogen-bond donors (Lipinski definition) is 1. The highest BCUT2D eigenvalue weighted by atomic mass is 32.1. The Balaban J connectivity index is 1.99. The standard InChI is InChI=1S/C14H22N2O2S/c1-14(2,3)13-15-10(9-19-13)8-12(18)16(6-7-17)11-4-5-11/h9,11,17H,4-8H2,1-3H3. The van der Waals surface area contributed by atoms with Crippen molar-refractivity contribution < 1.29 is 9.90 Å². The molecule has 1 aliphatic carbocycles. The minimum atomic E-state index is 0.0343. The van der Waals surface area contributed by atoms with Crippen molar-refractivity contribution in [2.45, 2.75) is 51.5 Å². The molecule has 2 rings (SSSR count). The van der Waals surface area contributed by atoms with E-state index in [2.05, 4.69) is 25.8 Å². The van der Waals surface area contributed by atoms with Crippen LogP contribution in [0, 0.1) is 0 Å². The predicted molar refractivity (Wildman–Crippen MR) is 76.3 cm³/mol. The third-order valence-electron chi connectivity index (χ3n) is 3.17. The maximum atomic E-state index is 12.2. The van der Waals surface area contributed by atoms with E-state index in [0.717, 1.165) is 23.5 Å². The van der Waals surface area contributed by atoms with Crippen molar-refractivity contribution in [3.8, 4) is 0 Å². The molecule has 106 valence electrons. The molecule has 1 aromatic rings. The van der Waals surface area contributed by atoms with E-state index in [4.69, 9.17) is 5.11 Å². The first-order valence-corrected chi connectivity index (χ1v) is 7.65. The Morgan fingerprint density at radius 2 is 2.21 bits per heavy atom. The smallest absolute Gasteiger partial charge is 0.228 e. The third kappa shape index (κ3) is 3.76. The fourth-order valence-electron chi connectivity index (χ4n) is 1.99. The molecular formula is C14H22N2O2S. The van der Waals surface area contributed by atoms with Crippen molar-refractivity contribution in [1.82, 2.24) is 9.88 Å². The minimum Gasteiger partial charge on any atom is -0.395 e. The number of carbonyl (C=O) groups excluding carboxylic acids is 1. The summed E-state index contributed by atoms with van der Waals surface area (Å²) in [6, 6.07) is 0.348. The lowest BCUT2D eigenvalue weighted by molar-refractivity contribution is -0.131. The number of nitrogens with zero attached hydrogens (tertiary/aromatic N) is 2. The first-order chi connectivity index (χ1) is 8.91. The largest absolute Gasteiger partial charge is 0.395 e. The van der Waals surface area contributed by atoms with Crippen molar-refractivity contribution in [1.29, 1.82) is 0 Å². The molecule has 1 heterocycles. The molecule has 0 spiro atoms. The van der Waals surface area contributed by atoms with Gasteiger partial charge in [0.2, 0.25) is 5.91 Å². The van der Waals surface area contributed by atoms with Gasteiger partial charge in [-0.05, 0) is 12.8 Å². The number of aromatic nitrogens is 1. The summed E-state index contributed by atoms with van der Waals surface area (Å²) in [5.41, 5.74) is 0.885. The summed E-state index contributed by atoms with van der Waals surface area (Å²) < 4.78 is 0. The lowest BCUT2D eigenvalue weighted by Gasteiger charge is -2.20. The van der Waals surface area contributed by atoms with E-state index in [1.807, 2.05) is 5.38 Å². The van der Waals surface area contributed by atoms with Crippen molar-refractivity contribution >= 4 is 17.2 Å². The second-order valence-corrected chi connectivity index (χ2v) is 6.97. The lowest BCUT2D eigenvalue weighted by atomic mass is 9.98. The number of aliphatic hydroxyl groups excluding tert-OH is 1. The third-order valence-corrected chi connectivity index (χ3v) is 4.49. The molecular weight excluding hydrogens is 260 g/mol. The maximum absolute atomic E-state index is 12.2. The Kier molecular flexibility index (Phi) is 4.26. The fraction of sp³-hybridized carbons (Fsp3) is 0.714. The second kappa shape index (κ2) is 5.59. The van der Waals surface area contributed by atoms with Crippen LogP contribution >= 0.6 is 11.3 Å². The highest BCUT2D eigenvalue weighted by molar-refractivity contribution is 7.09. The zero-order valence-electron chi connectivity index (χ0n) is 11.8. The van der Waals surface area contributed by atoms with Crippen LogP contribution in [0.5, 0.6) is 0 Å². The Labute approximate surface area is 118 Å². The Hall–Kier alpha value is -0.940. The van der Waals surface area contributed by atoms with Crippen LogP contribution < -0.4 is 0 Å². The zero-order valence-corrected chi connectivity index (χ0v) is 12.7. The van der Waals surface area contributed by atoms with Gasteiger partial charge in [0.15, 0.2) is 0 Å². The molecule has 1 fully saturated rings. The van der Waals surface area contributed by atoms with Gasteiger partial charge < -0.3 is 10.0 Å². The van der Waals surface area contributed by atoms with Crippen LogP contribution in [0.1, 0.15) is 44.3 Å². The van der Waals surface area contributed by atoms with Crippen LogP contribution in [0.15, 0.2) is 5.38 Å². The van der Waals surface area contributed by atoms with Gasteiger partial charge in [0.25, 0.3) is 0 Å². The summed E-state index contributed by atoms with van der Waals surface area (Å²) in [5, 5.41) is 12.1. The highest BCUT2D eigenvalue weighted by Crippen LogP contribution is 2.28. The molecule has 1 aromatic heterocycles. The number of thiazole rings is 1. The van der Waals surface area contributed by atoms with Gasteiger partial charge in [-0.2, -0.15) is 0 Å². The van der Waals surface area contributed by atoms with Crippen molar-refractivity contribution in [3.05, 3.63) is 16.1 Å². The number of rotatable bonds is 5. The van der Waals surface area contributed by atoms with Crippen LogP contribution in [0.3, 0.4) is 0 Å². The Bertz CT molecular complexity index is 447. The molecule has 19 heavy (non-hydrogen) atoms. The Morgan fingerprint density at radius 3 is 2.68 bits per heavy atom. The molecule has 0 saturated heterocycles. The molecule has 4 nitrogen and oxygen atoms in total. The van der Waals surface area contributed by atoms with Crippen molar-refractivity contribution in [3.63, 3.8) is 0 Å². The molecule has 1 N–H and O–H groups in total. The van der Waals surface area contributed by atoms with Gasteiger partial charge >= 0.3 is 0 Å². The van der Waals surface area contributed by atoms with Crippen LogP contribution in [-0.4, -0.2) is 40.1 Å². The van der Waals surface area contributed by atoms with E-state index in [0.29, 0.717) is 19.0 Å². The molecule has 0 unspecified atom stereocenters. The summed E-state index contributed by atoms with van der Waals surface area (Å²) in [6.07, 6.45) is 2.48. The normalized spacial score (nSPS) is 15.6. The van der Waals surface area contributed by atoms with Gasteiger partial charge in [-0.3, -0.25) is 4.79 Å². The number of hydrogen-bond acceptors (Lipinski definition) is 4. The highest BCUT2D eigenvalue weighted by Gasteiger charge is 2.32. The van der Waals surface area contributed by atoms with E-state index in [9.17, 15) is 4.79 Å². The van der Waals surface area contributed by atoms with Gasteiger partial charge in [-0.15, -0.1) is 11.3 Å². The van der Waals surface area contributed by atoms with E-state index in [-0.39, 0.29) is 17.9 Å². The minimum absolute atomic E-state index is 0.0343. The summed E-state index contributed by atoms with van der Waals surface area (Å²) in [4.78, 5) is 18.6. The van der Waals surface area contributed by atoms with E-state index >= 15 is 0 Å². The van der Waals surface area contributed by atoms with Gasteiger partial charge in [0, 0.05) is 23.4 Å². The number of carbonyl (C=O) groups is 1. The van der Waals surface area contributed by atoms with Crippen LogP contribution in [0.4, 0.5) is 0 Å². The molecule has 0 aromatic carbocycles. The van der Waals surface area contributed by atoms with Crippen LogP contribution in [0.2, 0.25) is 0 Å². The summed E-state index contributed by atoms with van der Waals surface area (Å²) >= 11 is 1.62. The molecule has 5 heteroatoms. The second-order valence-electron chi connectivity index (χ2n) is 6.11. The molecule has 0 aliphatic heterocycles. The summed E-state index contributed by atoms with van der Waals surface area (Å²) in [5.74, 6) is 0.0855. The number of aliphatic hydroxyl groups is 1. The van der Waals surface area contributed by atoms with Crippen molar-refractivity contribution in [2.24, 2.45) is 0 Å². The maximum Gasteiger partial charge on any atom is 0.228 e. The summed E-state index contributed by atoms with van der Waals surface area (Å²) in [6.45, 7) is 6.85. The molecule has 0 atom stereocenters. The van der Waals surface area contributed by atoms with Gasteiger partial charge in [-0.1, -0.05) is 20.8 Å². The first kappa shape index (κ1) is 14.5. The molecule has 1 saturated carbocycles. The molecule has 0 radical (unpaired) electrons. The fourth-order valence-corrected chi connectivity index (χ4v) is 2.90. The zero-order chi connectivity index (χ0) is 14.0. The predicted octanol–water partition coefficient (Wildman–Crippen LogP) is 1.97. The van der Waals surface area contributed by atoms with E-state index < -0.39 is 0 Å². The van der Waals surface area contributed by atoms with Gasteiger partial charge in [0.1, 0.15) is 0 Å². The lowest BCUT2D eigenvalue weighted by Crippen LogP contribution is -2.36. The van der Waals surface area contributed by atoms with E-state index in [1.165, 1.54) is 0 Å². The van der Waals surface area contributed by atoms with Crippen molar-refractivity contribution in [2.75, 3.05) is 13.2 Å². The van der Waals surface area contributed by atoms with Gasteiger partial charge in [-0.25, -0.2) is 4.98 Å². The van der Waals surface area contributed by atoms with Crippen LogP contribution in [0.25, 0.3) is 0 Å². The number of amides is 1. The SMILES string of the molecule is CC(C)(C)c1nc(CC(=O)N(CCO)C2CC2)cs1. The molecule has 0 bridgehead atoms. The summed E-state index contributed by atoms with van der Waals surface area (Å²) in [7, 11) is 0. The quantitative estimate of drug-likeness (QED) is 0.898. The first-order valence-electron chi connectivity index (χ1n) is 6.77. The van der Waals surface area contributed by atoms with E-state index in [1.54, 1.807) is 16.2 Å². The van der Waals surface area contributed by atoms with Crippen LogP contribution in [-0.2, 0) is 16.6 Å². The Morgan fingerprint density at radius 1 is 1.53 bits per heavy atom. The average Bonchev–Trinajstić information content (AvgIpc) is 3.03. The topological polar surface area (TPSA) is 53.4 Å². The van der Waals surface area contributed by atoms with Gasteiger partial charge in [0.05, 0.1) is 23.7 Å². The average molecular weight is 282 g/mol. The molecule has 1 aliphatic rings. The monoisotopic (exact) mass is 282 g/mol. The molecule has 1 amide bonds.